The zero-order valence-electron chi connectivity index (χ0n) is 17.1. The molecule has 1 aromatic heterocycles. The van der Waals surface area contributed by atoms with Crippen LogP contribution in [0.15, 0.2) is 77.2 Å². The molecule has 1 heterocycles. The van der Waals surface area contributed by atoms with Crippen LogP contribution in [0.5, 0.6) is 0 Å². The van der Waals surface area contributed by atoms with Crippen molar-refractivity contribution in [3.63, 3.8) is 0 Å². The first-order chi connectivity index (χ1) is 15.0. The van der Waals surface area contributed by atoms with Crippen LogP contribution in [0, 0.1) is 13.8 Å². The molecule has 5 rings (SSSR count). The molecule has 0 fully saturated rings. The van der Waals surface area contributed by atoms with Crippen molar-refractivity contribution >= 4 is 45.1 Å². The van der Waals surface area contributed by atoms with Crippen LogP contribution in [0.25, 0.3) is 33.3 Å². The summed E-state index contributed by atoms with van der Waals surface area (Å²) in [5.74, 6) is 0.374. The van der Waals surface area contributed by atoms with Crippen molar-refractivity contribution in [2.75, 3.05) is 5.32 Å². The lowest BCUT2D eigenvalue weighted by Gasteiger charge is -2.09. The summed E-state index contributed by atoms with van der Waals surface area (Å²) in [6.45, 7) is 4.06. The van der Waals surface area contributed by atoms with Crippen LogP contribution >= 0.6 is 11.6 Å². The second-order valence-corrected chi connectivity index (χ2v) is 8.03. The van der Waals surface area contributed by atoms with Gasteiger partial charge in [-0.15, -0.1) is 0 Å². The van der Waals surface area contributed by atoms with E-state index in [9.17, 15) is 4.79 Å². The minimum Gasteiger partial charge on any atom is -0.436 e. The average Bonchev–Trinajstić information content (AvgIpc) is 3.18. The van der Waals surface area contributed by atoms with Crippen molar-refractivity contribution in [2.24, 2.45) is 0 Å². The zero-order chi connectivity index (χ0) is 21.5. The van der Waals surface area contributed by atoms with Crippen LogP contribution in [0.1, 0.15) is 21.5 Å². The summed E-state index contributed by atoms with van der Waals surface area (Å²) in [4.78, 5) is 17.5. The van der Waals surface area contributed by atoms with Gasteiger partial charge in [-0.3, -0.25) is 4.79 Å². The van der Waals surface area contributed by atoms with E-state index in [0.29, 0.717) is 22.2 Å². The molecule has 4 aromatic carbocycles. The van der Waals surface area contributed by atoms with Crippen LogP contribution in [0.3, 0.4) is 0 Å². The van der Waals surface area contributed by atoms with E-state index in [0.717, 1.165) is 38.6 Å². The number of hydrogen-bond acceptors (Lipinski definition) is 3. The van der Waals surface area contributed by atoms with Gasteiger partial charge < -0.3 is 9.73 Å². The van der Waals surface area contributed by atoms with Crippen LogP contribution < -0.4 is 5.32 Å². The molecule has 31 heavy (non-hydrogen) atoms. The van der Waals surface area contributed by atoms with Gasteiger partial charge in [-0.1, -0.05) is 41.9 Å². The molecule has 0 radical (unpaired) electrons. The van der Waals surface area contributed by atoms with Gasteiger partial charge in [0.2, 0.25) is 5.89 Å². The fraction of sp³-hybridized carbons (Fsp3) is 0.0769. The SMILES string of the molecule is Cc1cc(C)c2oc(-c3ccc(NC(=O)c4cccc5c(Cl)cccc45)cc3)nc2c1. The van der Waals surface area contributed by atoms with Crippen LogP contribution in [-0.4, -0.2) is 10.9 Å². The number of halogens is 1. The van der Waals surface area contributed by atoms with Gasteiger partial charge in [0, 0.05) is 27.2 Å². The van der Waals surface area contributed by atoms with E-state index in [1.54, 1.807) is 6.07 Å². The maximum absolute atomic E-state index is 12.9. The summed E-state index contributed by atoms with van der Waals surface area (Å²) in [5, 5.41) is 5.26. The molecule has 152 valence electrons. The predicted molar refractivity (Wildman–Crippen MR) is 126 cm³/mol. The summed E-state index contributed by atoms with van der Waals surface area (Å²) in [6, 6.07) is 22.7. The number of nitrogens with zero attached hydrogens (tertiary/aromatic N) is 1. The fourth-order valence-corrected chi connectivity index (χ4v) is 4.10. The molecule has 0 spiro atoms. The summed E-state index contributed by atoms with van der Waals surface area (Å²) >= 11 is 6.27. The molecule has 0 aliphatic rings. The number of nitrogens with one attached hydrogen (secondary N) is 1. The quantitative estimate of drug-likeness (QED) is 0.332. The molecule has 5 aromatic rings. The molecule has 0 aliphatic carbocycles. The molecule has 0 saturated heterocycles. The molecule has 0 aliphatic heterocycles. The topological polar surface area (TPSA) is 55.1 Å². The Balaban J connectivity index is 1.42. The van der Waals surface area contributed by atoms with E-state index in [-0.39, 0.29) is 5.91 Å². The molecule has 5 heteroatoms. The Morgan fingerprint density at radius 3 is 2.48 bits per heavy atom. The van der Waals surface area contributed by atoms with Crippen molar-refractivity contribution in [2.45, 2.75) is 13.8 Å². The summed E-state index contributed by atoms with van der Waals surface area (Å²) in [5.41, 5.74) is 5.98. The predicted octanol–water partition coefficient (Wildman–Crippen LogP) is 7.17. The fourth-order valence-electron chi connectivity index (χ4n) is 3.86. The number of fused-ring (bicyclic) bond motifs is 2. The minimum atomic E-state index is -0.187. The molecule has 1 amide bonds. The Kier molecular flexibility index (Phi) is 4.72. The van der Waals surface area contributed by atoms with E-state index in [2.05, 4.69) is 16.4 Å². The molecular weight excluding hydrogens is 408 g/mol. The molecule has 0 bridgehead atoms. The zero-order valence-corrected chi connectivity index (χ0v) is 17.8. The highest BCUT2D eigenvalue weighted by Crippen LogP contribution is 2.29. The van der Waals surface area contributed by atoms with Gasteiger partial charge in [0.1, 0.15) is 5.52 Å². The highest BCUT2D eigenvalue weighted by Gasteiger charge is 2.13. The molecular formula is C26H19ClN2O2. The Labute approximate surface area is 184 Å². The van der Waals surface area contributed by atoms with Crippen molar-refractivity contribution in [1.29, 1.82) is 0 Å². The highest BCUT2D eigenvalue weighted by atomic mass is 35.5. The van der Waals surface area contributed by atoms with Gasteiger partial charge in [0.25, 0.3) is 5.91 Å². The van der Waals surface area contributed by atoms with E-state index in [4.69, 9.17) is 16.0 Å². The lowest BCUT2D eigenvalue weighted by molar-refractivity contribution is 0.102. The van der Waals surface area contributed by atoms with Crippen molar-refractivity contribution in [3.8, 4) is 11.5 Å². The number of aryl methyl sites for hydroxylation is 2. The van der Waals surface area contributed by atoms with E-state index < -0.39 is 0 Å². The maximum atomic E-state index is 12.9. The second-order valence-electron chi connectivity index (χ2n) is 7.62. The first-order valence-corrected chi connectivity index (χ1v) is 10.3. The first-order valence-electron chi connectivity index (χ1n) is 9.96. The van der Waals surface area contributed by atoms with Gasteiger partial charge >= 0.3 is 0 Å². The van der Waals surface area contributed by atoms with E-state index in [1.807, 2.05) is 74.5 Å². The van der Waals surface area contributed by atoms with Crippen molar-refractivity contribution in [3.05, 3.63) is 94.5 Å². The van der Waals surface area contributed by atoms with Crippen LogP contribution in [0.2, 0.25) is 5.02 Å². The van der Waals surface area contributed by atoms with Gasteiger partial charge in [0.05, 0.1) is 0 Å². The lowest BCUT2D eigenvalue weighted by atomic mass is 10.0. The van der Waals surface area contributed by atoms with E-state index in [1.165, 1.54) is 0 Å². The van der Waals surface area contributed by atoms with Crippen molar-refractivity contribution in [1.82, 2.24) is 4.98 Å². The number of carbonyl (C=O) groups is 1. The van der Waals surface area contributed by atoms with Gasteiger partial charge in [0.15, 0.2) is 5.58 Å². The summed E-state index contributed by atoms with van der Waals surface area (Å²) < 4.78 is 5.98. The third kappa shape index (κ3) is 3.56. The van der Waals surface area contributed by atoms with E-state index >= 15 is 0 Å². The Morgan fingerprint density at radius 2 is 1.68 bits per heavy atom. The monoisotopic (exact) mass is 426 g/mol. The highest BCUT2D eigenvalue weighted by molar-refractivity contribution is 6.36. The van der Waals surface area contributed by atoms with Gasteiger partial charge in [-0.25, -0.2) is 4.98 Å². The Bertz CT molecular complexity index is 1450. The van der Waals surface area contributed by atoms with Crippen molar-refractivity contribution < 1.29 is 9.21 Å². The molecule has 0 saturated carbocycles. The summed E-state index contributed by atoms with van der Waals surface area (Å²) in [7, 11) is 0. The standard InChI is InChI=1S/C26H19ClN2O2/c1-15-13-16(2)24-23(14-15)29-26(31-24)17-9-11-18(12-10-17)28-25(30)21-7-3-6-20-19(21)5-4-8-22(20)27/h3-14H,1-2H3,(H,28,30). The molecule has 4 nitrogen and oxygen atoms in total. The number of anilines is 1. The largest absolute Gasteiger partial charge is 0.436 e. The maximum Gasteiger partial charge on any atom is 0.256 e. The third-order valence-electron chi connectivity index (χ3n) is 5.32. The Morgan fingerprint density at radius 1 is 0.935 bits per heavy atom. The summed E-state index contributed by atoms with van der Waals surface area (Å²) in [6.07, 6.45) is 0. The smallest absolute Gasteiger partial charge is 0.256 e. The second kappa shape index (κ2) is 7.56. The normalized spacial score (nSPS) is 11.2. The number of aromatic nitrogens is 1. The Hall–Kier alpha value is -3.63. The molecule has 0 unspecified atom stereocenters. The van der Waals surface area contributed by atoms with Crippen LogP contribution in [-0.2, 0) is 0 Å². The number of hydrogen-bond donors (Lipinski definition) is 1. The number of rotatable bonds is 3. The lowest BCUT2D eigenvalue weighted by Crippen LogP contribution is -2.12. The number of carbonyl (C=O) groups excluding carboxylic acids is 1. The van der Waals surface area contributed by atoms with Gasteiger partial charge in [-0.2, -0.15) is 0 Å². The van der Waals surface area contributed by atoms with Crippen LogP contribution in [0.4, 0.5) is 5.69 Å². The number of amides is 1. The van der Waals surface area contributed by atoms with Gasteiger partial charge in [-0.05, 0) is 72.8 Å². The first kappa shape index (κ1) is 19.3. The average molecular weight is 427 g/mol. The number of oxazole rings is 1. The number of benzene rings is 4. The third-order valence-corrected chi connectivity index (χ3v) is 5.65. The molecule has 1 N–H and O–H groups in total. The molecule has 0 atom stereocenters. The minimum absolute atomic E-state index is 0.187.